The van der Waals surface area contributed by atoms with E-state index in [1.807, 2.05) is 27.7 Å². The predicted octanol–water partition coefficient (Wildman–Crippen LogP) is 6.98. The number of pyridine rings is 1. The number of hydrogen-bond acceptors (Lipinski definition) is 1. The molecule has 0 amide bonds. The van der Waals surface area contributed by atoms with Crippen molar-refractivity contribution in [2.45, 2.75) is 73.1 Å². The summed E-state index contributed by atoms with van der Waals surface area (Å²) >= 11 is 0. The maximum Gasteiger partial charge on any atom is 0.0708 e. The largest absolute Gasteiger partial charge is 0.253 e. The van der Waals surface area contributed by atoms with Gasteiger partial charge in [0.2, 0.25) is 0 Å². The third-order valence-electron chi connectivity index (χ3n) is 4.17. The molecule has 0 bridgehead atoms. The molecule has 0 radical (unpaired) electrons. The monoisotopic (exact) mass is 311 g/mol. The molecule has 2 aromatic rings. The summed E-state index contributed by atoms with van der Waals surface area (Å²) < 4.78 is 0. The van der Waals surface area contributed by atoms with Gasteiger partial charge in [0, 0.05) is 11.1 Å². The number of aryl methyl sites for hydroxylation is 2. The van der Waals surface area contributed by atoms with Gasteiger partial charge in [-0.05, 0) is 67.9 Å². The van der Waals surface area contributed by atoms with E-state index in [0.29, 0.717) is 5.92 Å². The van der Waals surface area contributed by atoms with Gasteiger partial charge in [0.15, 0.2) is 0 Å². The summed E-state index contributed by atoms with van der Waals surface area (Å²) in [5, 5.41) is 1.35. The van der Waals surface area contributed by atoms with Gasteiger partial charge in [-0.3, -0.25) is 4.98 Å². The van der Waals surface area contributed by atoms with Crippen LogP contribution in [-0.4, -0.2) is 4.98 Å². The molecule has 23 heavy (non-hydrogen) atoms. The number of benzene rings is 1. The van der Waals surface area contributed by atoms with E-state index >= 15 is 0 Å². The second-order valence-electron chi connectivity index (χ2n) is 5.53. The van der Waals surface area contributed by atoms with Crippen molar-refractivity contribution in [3.8, 4) is 0 Å². The molecule has 0 saturated carbocycles. The highest BCUT2D eigenvalue weighted by atomic mass is 14.7. The fraction of sp³-hybridized carbons (Fsp3) is 0.500. The topological polar surface area (TPSA) is 12.9 Å². The minimum Gasteiger partial charge on any atom is -0.253 e. The van der Waals surface area contributed by atoms with Gasteiger partial charge in [0.05, 0.1) is 5.52 Å². The highest BCUT2D eigenvalue weighted by Gasteiger charge is 2.13. The van der Waals surface area contributed by atoms with Gasteiger partial charge in [-0.2, -0.15) is 0 Å². The molecule has 1 aromatic carbocycles. The Hall–Kier alpha value is -1.63. The average molecular weight is 312 g/mol. The van der Waals surface area contributed by atoms with Gasteiger partial charge in [-0.1, -0.05) is 52.8 Å². The molecule has 1 nitrogen and oxygen atoms in total. The van der Waals surface area contributed by atoms with Crippen molar-refractivity contribution in [1.82, 2.24) is 4.98 Å². The van der Waals surface area contributed by atoms with Crippen LogP contribution in [0, 0.1) is 6.92 Å². The minimum atomic E-state index is 0.695. The molecule has 1 heterocycles. The van der Waals surface area contributed by atoms with Crippen molar-refractivity contribution < 1.29 is 0 Å². The molecule has 0 N–H and O–H groups in total. The number of nitrogens with zero attached hydrogens (tertiary/aromatic N) is 1. The number of fused-ring (bicyclic) bond motifs is 1. The van der Waals surface area contributed by atoms with E-state index in [2.05, 4.69) is 55.2 Å². The Morgan fingerprint density at radius 2 is 1.78 bits per heavy atom. The zero-order valence-electron chi connectivity index (χ0n) is 15.8. The van der Waals surface area contributed by atoms with Crippen LogP contribution in [0.4, 0.5) is 0 Å². The Kier molecular flexibility index (Phi) is 8.61. The predicted molar refractivity (Wildman–Crippen MR) is 104 cm³/mol. The Morgan fingerprint density at radius 3 is 2.39 bits per heavy atom. The molecule has 1 aliphatic rings. The second kappa shape index (κ2) is 10.2. The van der Waals surface area contributed by atoms with E-state index in [1.165, 1.54) is 35.8 Å². The van der Waals surface area contributed by atoms with E-state index in [1.54, 1.807) is 0 Å². The summed E-state index contributed by atoms with van der Waals surface area (Å²) in [6.07, 6.45) is 9.39. The molecule has 1 aromatic heterocycles. The van der Waals surface area contributed by atoms with Crippen LogP contribution in [0.3, 0.4) is 0 Å². The third-order valence-corrected chi connectivity index (χ3v) is 4.17. The lowest BCUT2D eigenvalue weighted by molar-refractivity contribution is 0.618. The number of hydrogen-bond donors (Lipinski definition) is 0. The summed E-state index contributed by atoms with van der Waals surface area (Å²) in [5.41, 5.74) is 5.18. The molecule has 1 heteroatoms. The molecule has 1 unspecified atom stereocenters. The molecule has 3 rings (SSSR count). The lowest BCUT2D eigenvalue weighted by Crippen LogP contribution is -2.01. The van der Waals surface area contributed by atoms with Gasteiger partial charge < -0.3 is 0 Å². The summed E-state index contributed by atoms with van der Waals surface area (Å²) in [4.78, 5) is 4.66. The van der Waals surface area contributed by atoms with E-state index in [4.69, 9.17) is 0 Å². The quantitative estimate of drug-likeness (QED) is 0.545. The van der Waals surface area contributed by atoms with Crippen LogP contribution >= 0.6 is 0 Å². The normalized spacial score (nSPS) is 16.2. The second-order valence-corrected chi connectivity index (χ2v) is 5.53. The maximum absolute atomic E-state index is 4.66. The first-order chi connectivity index (χ1) is 11.3. The first-order valence-corrected chi connectivity index (χ1v) is 9.33. The molecule has 0 aliphatic heterocycles. The molecule has 1 aliphatic carbocycles. The first kappa shape index (κ1) is 19.4. The van der Waals surface area contributed by atoms with Gasteiger partial charge in [0.25, 0.3) is 0 Å². The molecular formula is C22H33N. The van der Waals surface area contributed by atoms with E-state index in [0.717, 1.165) is 17.6 Å². The summed E-state index contributed by atoms with van der Waals surface area (Å²) in [7, 11) is 0. The number of rotatable bonds is 2. The average Bonchev–Trinajstić information content (AvgIpc) is 2.64. The molecule has 1 atom stereocenters. The summed E-state index contributed by atoms with van der Waals surface area (Å²) in [5.74, 6) is 0.695. The van der Waals surface area contributed by atoms with Crippen LogP contribution in [-0.2, 0) is 6.42 Å². The molecular weight excluding hydrogens is 278 g/mol. The van der Waals surface area contributed by atoms with Gasteiger partial charge in [0.1, 0.15) is 0 Å². The van der Waals surface area contributed by atoms with Crippen molar-refractivity contribution in [1.29, 1.82) is 0 Å². The van der Waals surface area contributed by atoms with Gasteiger partial charge in [-0.25, -0.2) is 0 Å². The lowest BCUT2D eigenvalue weighted by Gasteiger charge is -2.19. The minimum absolute atomic E-state index is 0.695. The zero-order valence-corrected chi connectivity index (χ0v) is 15.8. The Balaban J connectivity index is 0.000000615. The Labute approximate surface area is 142 Å². The van der Waals surface area contributed by atoms with Crippen LogP contribution < -0.4 is 0 Å². The summed E-state index contributed by atoms with van der Waals surface area (Å²) in [6, 6.07) is 9.09. The Morgan fingerprint density at radius 1 is 1.04 bits per heavy atom. The zero-order chi connectivity index (χ0) is 17.2. The molecule has 0 fully saturated rings. The van der Waals surface area contributed by atoms with Crippen molar-refractivity contribution in [3.05, 3.63) is 53.2 Å². The van der Waals surface area contributed by atoms with Crippen LogP contribution in [0.5, 0.6) is 0 Å². The Bertz CT molecular complexity index is 625. The lowest BCUT2D eigenvalue weighted by atomic mass is 9.86. The van der Waals surface area contributed by atoms with Crippen LogP contribution in [0.2, 0.25) is 0 Å². The van der Waals surface area contributed by atoms with Gasteiger partial charge in [-0.15, -0.1) is 0 Å². The molecule has 0 saturated heterocycles. The van der Waals surface area contributed by atoms with E-state index in [-0.39, 0.29) is 0 Å². The van der Waals surface area contributed by atoms with Crippen molar-refractivity contribution >= 4 is 10.9 Å². The fourth-order valence-corrected chi connectivity index (χ4v) is 3.10. The van der Waals surface area contributed by atoms with Crippen molar-refractivity contribution in [2.24, 2.45) is 0 Å². The number of aromatic nitrogens is 1. The summed E-state index contributed by atoms with van der Waals surface area (Å²) in [6.45, 7) is 12.3. The van der Waals surface area contributed by atoms with E-state index in [9.17, 15) is 0 Å². The van der Waals surface area contributed by atoms with Crippen molar-refractivity contribution in [2.75, 3.05) is 0 Å². The first-order valence-electron chi connectivity index (χ1n) is 9.33. The van der Waals surface area contributed by atoms with Crippen LogP contribution in [0.1, 0.15) is 76.6 Å². The van der Waals surface area contributed by atoms with Crippen LogP contribution in [0.15, 0.2) is 36.4 Å². The molecule has 126 valence electrons. The molecule has 0 spiro atoms. The highest BCUT2D eigenvalue weighted by Crippen LogP contribution is 2.31. The van der Waals surface area contributed by atoms with Gasteiger partial charge >= 0.3 is 0 Å². The number of allylic oxidation sites excluding steroid dienone is 2. The smallest absolute Gasteiger partial charge is 0.0708 e. The third kappa shape index (κ3) is 4.92. The highest BCUT2D eigenvalue weighted by molar-refractivity contribution is 5.83. The maximum atomic E-state index is 4.66. The fourth-order valence-electron chi connectivity index (χ4n) is 3.10. The SMILES string of the molecule is CC.CC.CCc1cc(C)nc2ccc(C3CC=CCC3)cc12. The van der Waals surface area contributed by atoms with E-state index < -0.39 is 0 Å². The standard InChI is InChI=1S/C18H21N.2C2H6/c1-3-14-11-13(2)19-18-10-9-16(12-17(14)18)15-7-5-4-6-8-15;2*1-2/h4-5,9-12,15H,3,6-8H2,1-2H3;2*1-2H3. The van der Waals surface area contributed by atoms with Crippen molar-refractivity contribution in [3.63, 3.8) is 0 Å². The van der Waals surface area contributed by atoms with Crippen LogP contribution in [0.25, 0.3) is 10.9 Å².